The van der Waals surface area contributed by atoms with Gasteiger partial charge in [0.25, 0.3) is 10.0 Å². The highest BCUT2D eigenvalue weighted by Gasteiger charge is 2.22. The van der Waals surface area contributed by atoms with Crippen molar-refractivity contribution in [3.63, 3.8) is 0 Å². The number of sulfonamides is 1. The Labute approximate surface area is 120 Å². The van der Waals surface area contributed by atoms with E-state index in [1.807, 2.05) is 0 Å². The lowest BCUT2D eigenvalue weighted by atomic mass is 10.3. The molecule has 1 heterocycles. The molecular formula is C11H10FN3O4S2. The smallest absolute Gasteiger partial charge is 0.264 e. The average Bonchev–Trinajstić information content (AvgIpc) is 2.38. The van der Waals surface area contributed by atoms with Crippen molar-refractivity contribution >= 4 is 25.5 Å². The first kappa shape index (κ1) is 15.3. The maximum Gasteiger partial charge on any atom is 0.264 e. The van der Waals surface area contributed by atoms with Gasteiger partial charge in [0, 0.05) is 6.26 Å². The summed E-state index contributed by atoms with van der Waals surface area (Å²) in [5.74, 6) is -1.06. The van der Waals surface area contributed by atoms with E-state index in [0.29, 0.717) is 0 Å². The predicted molar refractivity (Wildman–Crippen MR) is 72.4 cm³/mol. The van der Waals surface area contributed by atoms with Crippen molar-refractivity contribution in [1.29, 1.82) is 0 Å². The van der Waals surface area contributed by atoms with Crippen LogP contribution in [0.4, 0.5) is 10.1 Å². The molecule has 0 amide bonds. The molecular weight excluding hydrogens is 321 g/mol. The van der Waals surface area contributed by atoms with Crippen molar-refractivity contribution in [1.82, 2.24) is 9.97 Å². The van der Waals surface area contributed by atoms with E-state index in [1.54, 1.807) is 0 Å². The fourth-order valence-corrected chi connectivity index (χ4v) is 3.34. The van der Waals surface area contributed by atoms with Crippen LogP contribution in [0.15, 0.2) is 46.7 Å². The summed E-state index contributed by atoms with van der Waals surface area (Å²) in [6.07, 6.45) is 4.46. The van der Waals surface area contributed by atoms with Gasteiger partial charge in [0.05, 0.1) is 23.0 Å². The zero-order valence-electron chi connectivity index (χ0n) is 10.7. The van der Waals surface area contributed by atoms with Crippen LogP contribution in [0.1, 0.15) is 0 Å². The van der Waals surface area contributed by atoms with Gasteiger partial charge in [-0.15, -0.1) is 0 Å². The van der Waals surface area contributed by atoms with Gasteiger partial charge in [0.2, 0.25) is 0 Å². The minimum Gasteiger partial charge on any atom is -0.276 e. The molecule has 1 N–H and O–H groups in total. The van der Waals surface area contributed by atoms with Crippen molar-refractivity contribution < 1.29 is 21.2 Å². The average molecular weight is 331 g/mol. The quantitative estimate of drug-likeness (QED) is 0.831. The standard InChI is InChI=1S/C11H10FN3O4S2/c1-20(16,17)9-2-3-10(12)11(4-9)21(18,19)15-8-5-13-7-14-6-8/h2-7,15H,1H3. The Bertz CT molecular complexity index is 868. The maximum absolute atomic E-state index is 13.7. The molecule has 21 heavy (non-hydrogen) atoms. The zero-order chi connectivity index (χ0) is 15.7. The molecule has 0 bridgehead atoms. The van der Waals surface area contributed by atoms with Crippen molar-refractivity contribution in [3.8, 4) is 0 Å². The molecule has 0 aliphatic heterocycles. The number of anilines is 1. The number of nitrogens with zero attached hydrogens (tertiary/aromatic N) is 2. The van der Waals surface area contributed by atoms with Gasteiger partial charge in [-0.05, 0) is 18.2 Å². The molecule has 0 radical (unpaired) electrons. The second kappa shape index (κ2) is 5.37. The monoisotopic (exact) mass is 331 g/mol. The van der Waals surface area contributed by atoms with Crippen LogP contribution in [0.5, 0.6) is 0 Å². The normalized spacial score (nSPS) is 12.1. The van der Waals surface area contributed by atoms with Gasteiger partial charge in [0.15, 0.2) is 9.84 Å². The molecule has 0 aliphatic rings. The number of aromatic nitrogens is 2. The molecule has 7 nitrogen and oxygen atoms in total. The van der Waals surface area contributed by atoms with Crippen molar-refractivity contribution in [2.75, 3.05) is 11.0 Å². The van der Waals surface area contributed by atoms with E-state index >= 15 is 0 Å². The Morgan fingerprint density at radius 2 is 1.71 bits per heavy atom. The molecule has 0 saturated heterocycles. The second-order valence-corrected chi connectivity index (χ2v) is 7.76. The Morgan fingerprint density at radius 3 is 2.29 bits per heavy atom. The highest BCUT2D eigenvalue weighted by Crippen LogP contribution is 2.21. The summed E-state index contributed by atoms with van der Waals surface area (Å²) in [6.45, 7) is 0. The Morgan fingerprint density at radius 1 is 1.10 bits per heavy atom. The SMILES string of the molecule is CS(=O)(=O)c1ccc(F)c(S(=O)(=O)Nc2cncnc2)c1. The number of benzene rings is 1. The highest BCUT2D eigenvalue weighted by atomic mass is 32.2. The van der Waals surface area contributed by atoms with Crippen LogP contribution in [0.25, 0.3) is 0 Å². The molecule has 0 aliphatic carbocycles. The van der Waals surface area contributed by atoms with Crippen LogP contribution in [0, 0.1) is 5.82 Å². The lowest BCUT2D eigenvalue weighted by molar-refractivity contribution is 0.567. The van der Waals surface area contributed by atoms with E-state index in [1.165, 1.54) is 18.7 Å². The van der Waals surface area contributed by atoms with Crippen LogP contribution in [0.3, 0.4) is 0 Å². The van der Waals surface area contributed by atoms with Crippen molar-refractivity contribution in [3.05, 3.63) is 42.7 Å². The zero-order valence-corrected chi connectivity index (χ0v) is 12.3. The van der Waals surface area contributed by atoms with Crippen molar-refractivity contribution in [2.24, 2.45) is 0 Å². The van der Waals surface area contributed by atoms with Crippen molar-refractivity contribution in [2.45, 2.75) is 9.79 Å². The molecule has 2 rings (SSSR count). The Balaban J connectivity index is 2.50. The first-order chi connectivity index (χ1) is 9.70. The number of hydrogen-bond donors (Lipinski definition) is 1. The number of halogens is 1. The molecule has 112 valence electrons. The molecule has 10 heteroatoms. The largest absolute Gasteiger partial charge is 0.276 e. The number of sulfone groups is 1. The van der Waals surface area contributed by atoms with E-state index in [-0.39, 0.29) is 10.6 Å². The van der Waals surface area contributed by atoms with Crippen LogP contribution in [-0.4, -0.2) is 33.1 Å². The van der Waals surface area contributed by atoms with Gasteiger partial charge in [-0.3, -0.25) is 4.72 Å². The number of nitrogens with one attached hydrogen (secondary N) is 1. The topological polar surface area (TPSA) is 106 Å². The molecule has 2 aromatic rings. The first-order valence-corrected chi connectivity index (χ1v) is 8.85. The summed E-state index contributed by atoms with van der Waals surface area (Å²) in [5.41, 5.74) is 0.0293. The summed E-state index contributed by atoms with van der Waals surface area (Å²) in [6, 6.07) is 2.54. The fraction of sp³-hybridized carbons (Fsp3) is 0.0909. The molecule has 1 aromatic heterocycles. The maximum atomic E-state index is 13.7. The predicted octanol–water partition coefficient (Wildman–Crippen LogP) is 0.820. The molecule has 0 fully saturated rings. The first-order valence-electron chi connectivity index (χ1n) is 5.47. The van der Waals surface area contributed by atoms with Gasteiger partial charge in [-0.1, -0.05) is 0 Å². The fourth-order valence-electron chi connectivity index (χ4n) is 1.48. The Kier molecular flexibility index (Phi) is 3.92. The summed E-state index contributed by atoms with van der Waals surface area (Å²) in [5, 5.41) is 0. The molecule has 0 spiro atoms. The van der Waals surface area contributed by atoms with E-state index in [4.69, 9.17) is 0 Å². The lowest BCUT2D eigenvalue weighted by Gasteiger charge is -2.09. The number of rotatable bonds is 4. The minimum atomic E-state index is -4.30. The van der Waals surface area contributed by atoms with E-state index in [2.05, 4.69) is 14.7 Å². The molecule has 1 aromatic carbocycles. The third kappa shape index (κ3) is 3.52. The van der Waals surface area contributed by atoms with Gasteiger partial charge in [-0.2, -0.15) is 0 Å². The van der Waals surface area contributed by atoms with Crippen LogP contribution >= 0.6 is 0 Å². The molecule has 0 atom stereocenters. The second-order valence-electron chi connectivity index (χ2n) is 4.10. The highest BCUT2D eigenvalue weighted by molar-refractivity contribution is 7.93. The van der Waals surface area contributed by atoms with Gasteiger partial charge >= 0.3 is 0 Å². The Hall–Kier alpha value is -2.07. The van der Waals surface area contributed by atoms with Crippen LogP contribution < -0.4 is 4.72 Å². The summed E-state index contributed by atoms with van der Waals surface area (Å²) in [4.78, 5) is 6.16. The van der Waals surface area contributed by atoms with Gasteiger partial charge in [0.1, 0.15) is 17.0 Å². The third-order valence-electron chi connectivity index (χ3n) is 2.43. The number of hydrogen-bond acceptors (Lipinski definition) is 6. The van der Waals surface area contributed by atoms with E-state index < -0.39 is 30.6 Å². The van der Waals surface area contributed by atoms with Gasteiger partial charge in [-0.25, -0.2) is 31.2 Å². The molecule has 0 unspecified atom stereocenters. The lowest BCUT2D eigenvalue weighted by Crippen LogP contribution is -2.15. The van der Waals surface area contributed by atoms with Crippen LogP contribution in [0.2, 0.25) is 0 Å². The summed E-state index contributed by atoms with van der Waals surface area (Å²) >= 11 is 0. The van der Waals surface area contributed by atoms with Crippen LogP contribution in [-0.2, 0) is 19.9 Å². The summed E-state index contributed by atoms with van der Waals surface area (Å²) < 4.78 is 62.8. The van der Waals surface area contributed by atoms with Gasteiger partial charge < -0.3 is 0 Å². The summed E-state index contributed by atoms with van der Waals surface area (Å²) in [7, 11) is -7.96. The van der Waals surface area contributed by atoms with E-state index in [0.717, 1.165) is 24.5 Å². The van der Waals surface area contributed by atoms with E-state index in [9.17, 15) is 21.2 Å². The molecule has 0 saturated carbocycles. The third-order valence-corrected chi connectivity index (χ3v) is 4.94. The minimum absolute atomic E-state index is 0.0293.